The zero-order chi connectivity index (χ0) is 12.6. The van der Waals surface area contributed by atoms with Crippen LogP contribution in [0.2, 0.25) is 0 Å². The van der Waals surface area contributed by atoms with Gasteiger partial charge in [0.25, 0.3) is 0 Å². The Balaban J connectivity index is 1.77. The molecule has 0 aliphatic heterocycles. The first-order chi connectivity index (χ1) is 8.90. The molecule has 1 aliphatic rings. The van der Waals surface area contributed by atoms with Gasteiger partial charge in [-0.1, -0.05) is 49.6 Å². The molecule has 0 heterocycles. The van der Waals surface area contributed by atoms with Gasteiger partial charge in [0.15, 0.2) is 0 Å². The van der Waals surface area contributed by atoms with Gasteiger partial charge in [-0.25, -0.2) is 0 Å². The summed E-state index contributed by atoms with van der Waals surface area (Å²) in [5.74, 6) is 0.572. The fourth-order valence-electron chi connectivity index (χ4n) is 2.81. The SMILES string of the molecule is NCC1CCCCCC1OCCc1ccccc1. The first-order valence-corrected chi connectivity index (χ1v) is 7.25. The van der Waals surface area contributed by atoms with Gasteiger partial charge in [0.1, 0.15) is 0 Å². The molecule has 0 aromatic heterocycles. The lowest BCUT2D eigenvalue weighted by Gasteiger charge is -2.24. The fourth-order valence-corrected chi connectivity index (χ4v) is 2.81. The smallest absolute Gasteiger partial charge is 0.0615 e. The van der Waals surface area contributed by atoms with Crippen molar-refractivity contribution in [3.05, 3.63) is 35.9 Å². The molecule has 0 saturated heterocycles. The van der Waals surface area contributed by atoms with Gasteiger partial charge in [-0.2, -0.15) is 0 Å². The summed E-state index contributed by atoms with van der Waals surface area (Å²) in [6.45, 7) is 1.60. The lowest BCUT2D eigenvalue weighted by Crippen LogP contribution is -2.30. The summed E-state index contributed by atoms with van der Waals surface area (Å²) in [6, 6.07) is 10.6. The molecule has 2 rings (SSSR count). The Morgan fingerprint density at radius 3 is 2.61 bits per heavy atom. The van der Waals surface area contributed by atoms with E-state index in [2.05, 4.69) is 30.3 Å². The number of hydrogen-bond acceptors (Lipinski definition) is 2. The minimum atomic E-state index is 0.390. The van der Waals surface area contributed by atoms with Gasteiger partial charge in [-0.3, -0.25) is 0 Å². The average molecular weight is 247 g/mol. The molecule has 0 spiro atoms. The molecule has 2 heteroatoms. The van der Waals surface area contributed by atoms with E-state index in [-0.39, 0.29) is 0 Å². The third-order valence-electron chi connectivity index (χ3n) is 3.96. The molecule has 1 aromatic rings. The van der Waals surface area contributed by atoms with Gasteiger partial charge >= 0.3 is 0 Å². The first kappa shape index (κ1) is 13.6. The highest BCUT2D eigenvalue weighted by atomic mass is 16.5. The minimum absolute atomic E-state index is 0.390. The number of nitrogens with two attached hydrogens (primary N) is 1. The maximum Gasteiger partial charge on any atom is 0.0615 e. The quantitative estimate of drug-likeness (QED) is 0.811. The Morgan fingerprint density at radius 1 is 1.06 bits per heavy atom. The molecular formula is C16H25NO. The number of benzene rings is 1. The van der Waals surface area contributed by atoms with Crippen LogP contribution in [-0.4, -0.2) is 19.3 Å². The Bertz CT molecular complexity index is 325. The zero-order valence-electron chi connectivity index (χ0n) is 11.2. The third kappa shape index (κ3) is 4.11. The zero-order valence-corrected chi connectivity index (χ0v) is 11.2. The standard InChI is InChI=1S/C16H25NO/c17-13-15-9-5-2-6-10-16(15)18-12-11-14-7-3-1-4-8-14/h1,3-4,7-8,15-16H,2,5-6,9-13,17H2. The molecule has 100 valence electrons. The molecule has 2 nitrogen and oxygen atoms in total. The molecule has 1 aromatic carbocycles. The van der Waals surface area contributed by atoms with E-state index in [0.717, 1.165) is 19.6 Å². The molecule has 1 aliphatic carbocycles. The normalized spacial score (nSPS) is 24.7. The van der Waals surface area contributed by atoms with Crippen molar-refractivity contribution in [2.75, 3.05) is 13.2 Å². The summed E-state index contributed by atoms with van der Waals surface area (Å²) < 4.78 is 6.09. The van der Waals surface area contributed by atoms with E-state index < -0.39 is 0 Å². The van der Waals surface area contributed by atoms with Crippen molar-refractivity contribution in [2.24, 2.45) is 11.7 Å². The van der Waals surface area contributed by atoms with E-state index in [0.29, 0.717) is 12.0 Å². The molecule has 2 unspecified atom stereocenters. The topological polar surface area (TPSA) is 35.2 Å². The van der Waals surface area contributed by atoms with Crippen molar-refractivity contribution >= 4 is 0 Å². The maximum atomic E-state index is 6.09. The van der Waals surface area contributed by atoms with Crippen LogP contribution in [0.5, 0.6) is 0 Å². The van der Waals surface area contributed by atoms with Crippen molar-refractivity contribution in [3.8, 4) is 0 Å². The summed E-state index contributed by atoms with van der Waals surface area (Å²) in [6.07, 6.45) is 7.79. The number of hydrogen-bond donors (Lipinski definition) is 1. The molecule has 1 saturated carbocycles. The molecule has 0 bridgehead atoms. The Kier molecular flexibility index (Phi) is 5.69. The highest BCUT2D eigenvalue weighted by Crippen LogP contribution is 2.25. The lowest BCUT2D eigenvalue weighted by atomic mass is 9.97. The molecule has 2 N–H and O–H groups in total. The molecule has 0 radical (unpaired) electrons. The minimum Gasteiger partial charge on any atom is -0.378 e. The third-order valence-corrected chi connectivity index (χ3v) is 3.96. The van der Waals surface area contributed by atoms with Crippen LogP contribution >= 0.6 is 0 Å². The van der Waals surface area contributed by atoms with E-state index in [1.807, 2.05) is 0 Å². The molecule has 18 heavy (non-hydrogen) atoms. The van der Waals surface area contributed by atoms with Crippen LogP contribution in [0, 0.1) is 5.92 Å². The van der Waals surface area contributed by atoms with Crippen LogP contribution in [-0.2, 0) is 11.2 Å². The Labute approximate surface area is 111 Å². The molecule has 1 fully saturated rings. The Morgan fingerprint density at radius 2 is 1.83 bits per heavy atom. The monoisotopic (exact) mass is 247 g/mol. The predicted molar refractivity (Wildman–Crippen MR) is 75.5 cm³/mol. The van der Waals surface area contributed by atoms with E-state index in [9.17, 15) is 0 Å². The van der Waals surface area contributed by atoms with Crippen LogP contribution in [0.1, 0.15) is 37.7 Å². The van der Waals surface area contributed by atoms with Gasteiger partial charge in [-0.05, 0) is 37.3 Å². The van der Waals surface area contributed by atoms with Crippen molar-refractivity contribution in [3.63, 3.8) is 0 Å². The highest BCUT2D eigenvalue weighted by Gasteiger charge is 2.22. The summed E-state index contributed by atoms with van der Waals surface area (Å²) in [5, 5.41) is 0. The Hall–Kier alpha value is -0.860. The van der Waals surface area contributed by atoms with Crippen LogP contribution in [0.3, 0.4) is 0 Å². The van der Waals surface area contributed by atoms with Gasteiger partial charge in [-0.15, -0.1) is 0 Å². The second-order valence-corrected chi connectivity index (χ2v) is 5.28. The van der Waals surface area contributed by atoms with Crippen molar-refractivity contribution in [1.82, 2.24) is 0 Å². The summed E-state index contributed by atoms with van der Waals surface area (Å²) in [5.41, 5.74) is 7.22. The average Bonchev–Trinajstić information content (AvgIpc) is 2.65. The van der Waals surface area contributed by atoms with Crippen LogP contribution < -0.4 is 5.73 Å². The maximum absolute atomic E-state index is 6.09. The van der Waals surface area contributed by atoms with E-state index in [4.69, 9.17) is 10.5 Å². The largest absolute Gasteiger partial charge is 0.378 e. The van der Waals surface area contributed by atoms with Crippen LogP contribution in [0.4, 0.5) is 0 Å². The van der Waals surface area contributed by atoms with E-state index >= 15 is 0 Å². The van der Waals surface area contributed by atoms with Gasteiger partial charge < -0.3 is 10.5 Å². The summed E-state index contributed by atoms with van der Waals surface area (Å²) in [4.78, 5) is 0. The number of rotatable bonds is 5. The number of ether oxygens (including phenoxy) is 1. The van der Waals surface area contributed by atoms with Gasteiger partial charge in [0.05, 0.1) is 12.7 Å². The predicted octanol–water partition coefficient (Wildman–Crippen LogP) is 3.15. The lowest BCUT2D eigenvalue weighted by molar-refractivity contribution is 0.0121. The van der Waals surface area contributed by atoms with Crippen LogP contribution in [0.15, 0.2) is 30.3 Å². The second-order valence-electron chi connectivity index (χ2n) is 5.28. The van der Waals surface area contributed by atoms with E-state index in [1.165, 1.54) is 37.7 Å². The van der Waals surface area contributed by atoms with Gasteiger partial charge in [0, 0.05) is 0 Å². The summed E-state index contributed by atoms with van der Waals surface area (Å²) >= 11 is 0. The van der Waals surface area contributed by atoms with Gasteiger partial charge in [0.2, 0.25) is 0 Å². The van der Waals surface area contributed by atoms with Crippen LogP contribution in [0.25, 0.3) is 0 Å². The van der Waals surface area contributed by atoms with E-state index in [1.54, 1.807) is 0 Å². The molecule has 0 amide bonds. The second kappa shape index (κ2) is 7.55. The highest BCUT2D eigenvalue weighted by molar-refractivity contribution is 5.14. The summed E-state index contributed by atoms with van der Waals surface area (Å²) in [7, 11) is 0. The molecule has 2 atom stereocenters. The fraction of sp³-hybridized carbons (Fsp3) is 0.625. The molecular weight excluding hydrogens is 222 g/mol. The van der Waals surface area contributed by atoms with Crippen molar-refractivity contribution < 1.29 is 4.74 Å². The van der Waals surface area contributed by atoms with Crippen molar-refractivity contribution in [1.29, 1.82) is 0 Å². The van der Waals surface area contributed by atoms with Crippen molar-refractivity contribution in [2.45, 2.75) is 44.6 Å². The first-order valence-electron chi connectivity index (χ1n) is 7.25.